The molecule has 1 spiro atoms. The fourth-order valence-corrected chi connectivity index (χ4v) is 5.44. The lowest BCUT2D eigenvalue weighted by Crippen LogP contribution is -2.45. The van der Waals surface area contributed by atoms with Crippen LogP contribution >= 0.6 is 0 Å². The third-order valence-corrected chi connectivity index (χ3v) is 7.63. The Hall–Kier alpha value is -3.04. The number of carbonyl (C=O) groups excluding carboxylic acids is 2. The summed E-state index contributed by atoms with van der Waals surface area (Å²) in [6.07, 6.45) is 3.40. The molecule has 0 bridgehead atoms. The summed E-state index contributed by atoms with van der Waals surface area (Å²) in [6, 6.07) is 5.38. The van der Waals surface area contributed by atoms with Crippen molar-refractivity contribution in [3.63, 3.8) is 0 Å². The van der Waals surface area contributed by atoms with Gasteiger partial charge in [0.2, 0.25) is 11.9 Å². The van der Waals surface area contributed by atoms with E-state index in [1.807, 2.05) is 32.0 Å². The highest BCUT2D eigenvalue weighted by atomic mass is 16.5. The van der Waals surface area contributed by atoms with E-state index in [4.69, 9.17) is 4.74 Å². The van der Waals surface area contributed by atoms with Crippen LogP contribution in [-0.4, -0.2) is 72.1 Å². The predicted octanol–water partition coefficient (Wildman–Crippen LogP) is 2.07. The quantitative estimate of drug-likeness (QED) is 0.670. The highest BCUT2D eigenvalue weighted by Crippen LogP contribution is 2.43. The Labute approximate surface area is 199 Å². The van der Waals surface area contributed by atoms with E-state index in [9.17, 15) is 14.7 Å². The third kappa shape index (κ3) is 3.82. The van der Waals surface area contributed by atoms with Gasteiger partial charge in [-0.1, -0.05) is 6.07 Å². The standard InChI is InChI=1S/C25H31N5O4/c1-16-17(4-5-18-19(16)15-34-22(18)32)20(31)14-29-11-7-25(8-12-29)9-13-30(23(25)33)21-6-10-26-24(27-21)28(2)3/h4-6,10,20,31H,7-9,11-15H2,1-3H3. The molecule has 0 saturated carbocycles. The van der Waals surface area contributed by atoms with Gasteiger partial charge >= 0.3 is 5.97 Å². The summed E-state index contributed by atoms with van der Waals surface area (Å²) in [5, 5.41) is 11.0. The number of esters is 1. The molecule has 2 saturated heterocycles. The molecule has 3 aliphatic heterocycles. The Balaban J connectivity index is 1.23. The summed E-state index contributed by atoms with van der Waals surface area (Å²) in [5.41, 5.74) is 2.87. The van der Waals surface area contributed by atoms with Gasteiger partial charge in [-0.2, -0.15) is 4.98 Å². The largest absolute Gasteiger partial charge is 0.457 e. The van der Waals surface area contributed by atoms with Crippen molar-refractivity contribution in [1.29, 1.82) is 0 Å². The van der Waals surface area contributed by atoms with Crippen molar-refractivity contribution in [3.05, 3.63) is 46.6 Å². The Bertz CT molecular complexity index is 1130. The first-order chi connectivity index (χ1) is 16.3. The van der Waals surface area contributed by atoms with E-state index in [1.54, 1.807) is 23.2 Å². The van der Waals surface area contributed by atoms with Crippen LogP contribution in [0.3, 0.4) is 0 Å². The van der Waals surface area contributed by atoms with Crippen molar-refractivity contribution < 1.29 is 19.4 Å². The van der Waals surface area contributed by atoms with Gasteiger partial charge in [-0.25, -0.2) is 9.78 Å². The van der Waals surface area contributed by atoms with Crippen LogP contribution in [0, 0.1) is 12.3 Å². The number of nitrogens with zero attached hydrogens (tertiary/aromatic N) is 5. The van der Waals surface area contributed by atoms with Gasteiger partial charge in [0.05, 0.1) is 17.1 Å². The summed E-state index contributed by atoms with van der Waals surface area (Å²) in [4.78, 5) is 39.9. The highest BCUT2D eigenvalue weighted by molar-refractivity contribution is 5.99. The van der Waals surface area contributed by atoms with Crippen molar-refractivity contribution >= 4 is 23.6 Å². The number of likely N-dealkylation sites (tertiary alicyclic amines) is 1. The number of amides is 1. The highest BCUT2D eigenvalue weighted by Gasteiger charge is 2.49. The maximum absolute atomic E-state index is 13.4. The minimum absolute atomic E-state index is 0.148. The van der Waals surface area contributed by atoms with Crippen LogP contribution in [0.15, 0.2) is 24.4 Å². The van der Waals surface area contributed by atoms with Gasteiger partial charge in [0, 0.05) is 38.9 Å². The maximum Gasteiger partial charge on any atom is 0.338 e. The van der Waals surface area contributed by atoms with Crippen molar-refractivity contribution in [1.82, 2.24) is 14.9 Å². The smallest absolute Gasteiger partial charge is 0.338 e. The normalized spacial score (nSPS) is 20.5. The number of ether oxygens (including phenoxy) is 1. The Morgan fingerprint density at radius 3 is 2.62 bits per heavy atom. The van der Waals surface area contributed by atoms with Crippen LogP contribution < -0.4 is 9.80 Å². The van der Waals surface area contributed by atoms with Crippen LogP contribution in [0.25, 0.3) is 0 Å². The molecule has 1 N–H and O–H groups in total. The molecule has 1 aromatic heterocycles. The van der Waals surface area contributed by atoms with Crippen LogP contribution in [0.2, 0.25) is 0 Å². The van der Waals surface area contributed by atoms with E-state index in [-0.39, 0.29) is 23.9 Å². The van der Waals surface area contributed by atoms with E-state index in [0.29, 0.717) is 30.4 Å². The molecule has 0 radical (unpaired) electrons. The monoisotopic (exact) mass is 465 g/mol. The minimum atomic E-state index is -0.656. The summed E-state index contributed by atoms with van der Waals surface area (Å²) in [6.45, 7) is 4.89. The number of fused-ring (bicyclic) bond motifs is 1. The van der Waals surface area contributed by atoms with E-state index in [0.717, 1.165) is 49.0 Å². The number of aliphatic hydroxyl groups is 1. The summed E-state index contributed by atoms with van der Waals surface area (Å²) >= 11 is 0. The molecule has 9 nitrogen and oxygen atoms in total. The molecular weight excluding hydrogens is 434 g/mol. The molecule has 180 valence electrons. The zero-order valence-electron chi connectivity index (χ0n) is 20.0. The van der Waals surface area contributed by atoms with Gasteiger partial charge in [-0.3, -0.25) is 9.69 Å². The molecular formula is C25H31N5O4. The van der Waals surface area contributed by atoms with Crippen molar-refractivity contribution in [2.75, 3.05) is 50.1 Å². The molecule has 9 heteroatoms. The molecule has 1 atom stereocenters. The number of benzene rings is 1. The third-order valence-electron chi connectivity index (χ3n) is 7.63. The second-order valence-corrected chi connectivity index (χ2v) is 9.79. The van der Waals surface area contributed by atoms with Gasteiger partial charge < -0.3 is 19.6 Å². The number of piperidine rings is 1. The van der Waals surface area contributed by atoms with Crippen molar-refractivity contribution in [2.45, 2.75) is 38.9 Å². The Morgan fingerprint density at radius 1 is 1.15 bits per heavy atom. The fraction of sp³-hybridized carbons (Fsp3) is 0.520. The zero-order valence-corrected chi connectivity index (χ0v) is 20.0. The van der Waals surface area contributed by atoms with Crippen molar-refractivity contribution in [2.24, 2.45) is 5.41 Å². The number of rotatable bonds is 5. The Kier molecular flexibility index (Phi) is 5.77. The second kappa shape index (κ2) is 8.63. The maximum atomic E-state index is 13.4. The number of hydrogen-bond acceptors (Lipinski definition) is 8. The van der Waals surface area contributed by atoms with E-state index in [2.05, 4.69) is 14.9 Å². The number of carbonyl (C=O) groups is 2. The van der Waals surface area contributed by atoms with E-state index >= 15 is 0 Å². The lowest BCUT2D eigenvalue weighted by molar-refractivity contribution is -0.128. The summed E-state index contributed by atoms with van der Waals surface area (Å²) in [7, 11) is 3.77. The summed E-state index contributed by atoms with van der Waals surface area (Å²) < 4.78 is 5.13. The molecule has 5 rings (SSSR count). The first kappa shape index (κ1) is 22.7. The van der Waals surface area contributed by atoms with Crippen molar-refractivity contribution in [3.8, 4) is 0 Å². The molecule has 1 amide bonds. The minimum Gasteiger partial charge on any atom is -0.457 e. The van der Waals surface area contributed by atoms with E-state index in [1.165, 1.54) is 0 Å². The van der Waals surface area contributed by atoms with Crippen LogP contribution in [0.5, 0.6) is 0 Å². The SMILES string of the molecule is Cc1c(C(O)CN2CCC3(CC2)CCN(c2ccnc(N(C)C)n2)C3=O)ccc2c1COC2=O. The average Bonchev–Trinajstić information content (AvgIpc) is 3.36. The van der Waals surface area contributed by atoms with Gasteiger partial charge in [-0.15, -0.1) is 0 Å². The van der Waals surface area contributed by atoms with E-state index < -0.39 is 6.10 Å². The predicted molar refractivity (Wildman–Crippen MR) is 127 cm³/mol. The molecule has 0 aliphatic carbocycles. The number of anilines is 2. The first-order valence-corrected chi connectivity index (χ1v) is 11.8. The summed E-state index contributed by atoms with van der Waals surface area (Å²) in [5.74, 6) is 1.10. The van der Waals surface area contributed by atoms with Crippen LogP contribution in [-0.2, 0) is 16.1 Å². The topological polar surface area (TPSA) is 99.1 Å². The number of β-amino-alcohol motifs (C(OH)–C–C–N with tert-alkyl or cyclic N) is 1. The zero-order chi connectivity index (χ0) is 24.0. The lowest BCUT2D eigenvalue weighted by Gasteiger charge is -2.38. The molecule has 1 unspecified atom stereocenters. The molecule has 3 aliphatic rings. The fourth-order valence-electron chi connectivity index (χ4n) is 5.44. The lowest BCUT2D eigenvalue weighted by atomic mass is 9.77. The van der Waals surface area contributed by atoms with Gasteiger partial charge in [0.25, 0.3) is 0 Å². The molecule has 2 aromatic rings. The van der Waals surface area contributed by atoms with Gasteiger partial charge in [-0.05, 0) is 62.5 Å². The number of aromatic nitrogens is 2. The second-order valence-electron chi connectivity index (χ2n) is 9.79. The molecule has 34 heavy (non-hydrogen) atoms. The molecule has 2 fully saturated rings. The molecule has 1 aromatic carbocycles. The van der Waals surface area contributed by atoms with Crippen LogP contribution in [0.4, 0.5) is 11.8 Å². The van der Waals surface area contributed by atoms with Gasteiger partial charge in [0.1, 0.15) is 12.4 Å². The first-order valence-electron chi connectivity index (χ1n) is 11.8. The average molecular weight is 466 g/mol. The molecule has 4 heterocycles. The number of aliphatic hydroxyl groups excluding tert-OH is 1. The number of hydrogen-bond donors (Lipinski definition) is 1. The Morgan fingerprint density at radius 2 is 1.88 bits per heavy atom. The number of cyclic esters (lactones) is 1. The van der Waals surface area contributed by atoms with Crippen LogP contribution in [0.1, 0.15) is 52.4 Å². The van der Waals surface area contributed by atoms with Gasteiger partial charge in [0.15, 0.2) is 0 Å².